The molecule has 2 heterocycles. The zero-order valence-corrected chi connectivity index (χ0v) is 19.8. The SMILES string of the molecule is CO[C@]1(COc2ccc(C)cc2)CCCN(CC(=O)NCc2nc3ccccc3n2C)CC1. The largest absolute Gasteiger partial charge is 0.491 e. The Balaban J connectivity index is 1.28. The third kappa shape index (κ3) is 5.72. The highest BCUT2D eigenvalue weighted by Crippen LogP contribution is 2.27. The quantitative estimate of drug-likeness (QED) is 0.569. The number of methoxy groups -OCH3 is 1. The number of para-hydroxylation sites is 2. The maximum atomic E-state index is 12.6. The normalized spacial score (nSPS) is 19.4. The van der Waals surface area contributed by atoms with E-state index in [-0.39, 0.29) is 11.5 Å². The van der Waals surface area contributed by atoms with E-state index in [2.05, 4.69) is 34.3 Å². The Morgan fingerprint density at radius 2 is 1.91 bits per heavy atom. The van der Waals surface area contributed by atoms with E-state index in [0.29, 0.717) is 19.7 Å². The number of aromatic nitrogens is 2. The summed E-state index contributed by atoms with van der Waals surface area (Å²) in [7, 11) is 3.74. The van der Waals surface area contributed by atoms with Crippen molar-refractivity contribution in [1.29, 1.82) is 0 Å². The summed E-state index contributed by atoms with van der Waals surface area (Å²) in [6, 6.07) is 16.1. The van der Waals surface area contributed by atoms with Gasteiger partial charge in [0.15, 0.2) is 0 Å². The second-order valence-electron chi connectivity index (χ2n) is 8.97. The molecular weight excluding hydrogens is 416 g/mol. The third-order valence-electron chi connectivity index (χ3n) is 6.64. The van der Waals surface area contributed by atoms with Gasteiger partial charge in [-0.3, -0.25) is 9.69 Å². The molecule has 0 bridgehead atoms. The predicted molar refractivity (Wildman–Crippen MR) is 129 cm³/mol. The lowest BCUT2D eigenvalue weighted by atomic mass is 9.95. The highest BCUT2D eigenvalue weighted by atomic mass is 16.5. The minimum Gasteiger partial charge on any atom is -0.491 e. The number of nitrogens with zero attached hydrogens (tertiary/aromatic N) is 3. The van der Waals surface area contributed by atoms with Gasteiger partial charge in [0, 0.05) is 20.7 Å². The van der Waals surface area contributed by atoms with Crippen LogP contribution in [0.2, 0.25) is 0 Å². The van der Waals surface area contributed by atoms with E-state index >= 15 is 0 Å². The van der Waals surface area contributed by atoms with Gasteiger partial charge in [-0.15, -0.1) is 0 Å². The molecule has 1 amide bonds. The molecule has 0 radical (unpaired) electrons. The zero-order valence-electron chi connectivity index (χ0n) is 19.8. The number of imidazole rings is 1. The molecule has 1 atom stereocenters. The number of benzene rings is 2. The minimum absolute atomic E-state index is 0.0166. The van der Waals surface area contributed by atoms with Crippen molar-refractivity contribution in [2.75, 3.05) is 33.4 Å². The Kier molecular flexibility index (Phi) is 7.30. The fourth-order valence-electron chi connectivity index (χ4n) is 4.43. The number of nitrogens with one attached hydrogen (secondary N) is 1. The van der Waals surface area contributed by atoms with Crippen molar-refractivity contribution in [2.45, 2.75) is 38.3 Å². The van der Waals surface area contributed by atoms with Gasteiger partial charge in [-0.2, -0.15) is 0 Å². The molecule has 1 aromatic heterocycles. The van der Waals surface area contributed by atoms with Crippen molar-refractivity contribution in [1.82, 2.24) is 19.8 Å². The Morgan fingerprint density at radius 1 is 1.12 bits per heavy atom. The number of rotatable bonds is 8. The van der Waals surface area contributed by atoms with Gasteiger partial charge in [0.1, 0.15) is 23.8 Å². The summed E-state index contributed by atoms with van der Waals surface area (Å²) in [5, 5.41) is 3.03. The lowest BCUT2D eigenvalue weighted by molar-refractivity contribution is -0.122. The molecule has 1 saturated heterocycles. The van der Waals surface area contributed by atoms with Crippen molar-refractivity contribution in [3.63, 3.8) is 0 Å². The van der Waals surface area contributed by atoms with Crippen LogP contribution in [0.1, 0.15) is 30.7 Å². The molecule has 1 aliphatic rings. The Labute approximate surface area is 195 Å². The molecule has 2 aromatic carbocycles. The van der Waals surface area contributed by atoms with Crippen LogP contribution in [0.4, 0.5) is 0 Å². The van der Waals surface area contributed by atoms with Gasteiger partial charge in [0.2, 0.25) is 5.91 Å². The first-order valence-corrected chi connectivity index (χ1v) is 11.6. The van der Waals surface area contributed by atoms with Gasteiger partial charge in [-0.05, 0) is 57.0 Å². The fourth-order valence-corrected chi connectivity index (χ4v) is 4.43. The molecule has 1 fully saturated rings. The first kappa shape index (κ1) is 23.3. The van der Waals surface area contributed by atoms with Crippen LogP contribution in [0.5, 0.6) is 5.75 Å². The molecule has 3 aromatic rings. The monoisotopic (exact) mass is 450 g/mol. The second-order valence-corrected chi connectivity index (χ2v) is 8.97. The van der Waals surface area contributed by atoms with Gasteiger partial charge in [-0.1, -0.05) is 29.8 Å². The number of carbonyl (C=O) groups is 1. The van der Waals surface area contributed by atoms with E-state index in [1.54, 1.807) is 7.11 Å². The van der Waals surface area contributed by atoms with E-state index in [4.69, 9.17) is 9.47 Å². The molecule has 0 unspecified atom stereocenters. The number of fused-ring (bicyclic) bond motifs is 1. The van der Waals surface area contributed by atoms with Crippen LogP contribution in [0.3, 0.4) is 0 Å². The summed E-state index contributed by atoms with van der Waals surface area (Å²) in [5.41, 5.74) is 2.89. The summed E-state index contributed by atoms with van der Waals surface area (Å²) in [5.74, 6) is 1.73. The third-order valence-corrected chi connectivity index (χ3v) is 6.64. The molecule has 1 aliphatic heterocycles. The maximum Gasteiger partial charge on any atom is 0.234 e. The maximum absolute atomic E-state index is 12.6. The van der Waals surface area contributed by atoms with Gasteiger partial charge < -0.3 is 19.4 Å². The molecule has 33 heavy (non-hydrogen) atoms. The number of aryl methyl sites for hydroxylation is 2. The summed E-state index contributed by atoms with van der Waals surface area (Å²) in [4.78, 5) is 19.5. The molecule has 176 valence electrons. The van der Waals surface area contributed by atoms with Crippen molar-refractivity contribution >= 4 is 16.9 Å². The minimum atomic E-state index is -0.330. The highest BCUT2D eigenvalue weighted by Gasteiger charge is 2.34. The number of amides is 1. The van der Waals surface area contributed by atoms with Crippen molar-refractivity contribution in [2.24, 2.45) is 7.05 Å². The number of hydrogen-bond acceptors (Lipinski definition) is 5. The number of likely N-dealkylation sites (tertiary alicyclic amines) is 1. The number of hydrogen-bond donors (Lipinski definition) is 1. The van der Waals surface area contributed by atoms with Crippen LogP contribution in [-0.2, 0) is 23.1 Å². The van der Waals surface area contributed by atoms with Gasteiger partial charge in [0.25, 0.3) is 0 Å². The van der Waals surface area contributed by atoms with Gasteiger partial charge >= 0.3 is 0 Å². The van der Waals surface area contributed by atoms with Crippen LogP contribution in [0, 0.1) is 6.92 Å². The standard InChI is InChI=1S/C26H34N4O3/c1-20-9-11-21(12-10-20)33-19-26(32-3)13-6-15-30(16-14-26)18-25(31)27-17-24-28-22-7-4-5-8-23(22)29(24)2/h4-5,7-12H,6,13-19H2,1-3H3,(H,27,31)/t26-/m1/s1. The lowest BCUT2D eigenvalue weighted by Crippen LogP contribution is -2.41. The summed E-state index contributed by atoms with van der Waals surface area (Å²) in [6.07, 6.45) is 2.70. The van der Waals surface area contributed by atoms with Crippen molar-refractivity contribution < 1.29 is 14.3 Å². The summed E-state index contributed by atoms with van der Waals surface area (Å²) < 4.78 is 14.0. The second kappa shape index (κ2) is 10.4. The van der Waals surface area contributed by atoms with Crippen molar-refractivity contribution in [3.8, 4) is 5.75 Å². The van der Waals surface area contributed by atoms with E-state index in [1.165, 1.54) is 5.56 Å². The molecule has 0 saturated carbocycles. The first-order chi connectivity index (χ1) is 16.0. The average Bonchev–Trinajstić information content (AvgIpc) is 3.01. The van der Waals surface area contributed by atoms with Crippen LogP contribution in [-0.4, -0.2) is 59.3 Å². The smallest absolute Gasteiger partial charge is 0.234 e. The van der Waals surface area contributed by atoms with Crippen LogP contribution < -0.4 is 10.1 Å². The van der Waals surface area contributed by atoms with Crippen LogP contribution in [0.15, 0.2) is 48.5 Å². The summed E-state index contributed by atoms with van der Waals surface area (Å²) in [6.45, 7) is 5.04. The molecule has 4 rings (SSSR count). The number of ether oxygens (including phenoxy) is 2. The molecular formula is C26H34N4O3. The first-order valence-electron chi connectivity index (χ1n) is 11.6. The highest BCUT2D eigenvalue weighted by molar-refractivity contribution is 5.78. The van der Waals surface area contributed by atoms with Gasteiger partial charge in [0.05, 0.1) is 24.1 Å². The lowest BCUT2D eigenvalue weighted by Gasteiger charge is -2.31. The Bertz CT molecular complexity index is 1080. The average molecular weight is 451 g/mol. The molecule has 7 nitrogen and oxygen atoms in total. The van der Waals surface area contributed by atoms with E-state index < -0.39 is 0 Å². The fraction of sp³-hybridized carbons (Fsp3) is 0.462. The van der Waals surface area contributed by atoms with Gasteiger partial charge in [-0.25, -0.2) is 4.98 Å². The van der Waals surface area contributed by atoms with E-state index in [9.17, 15) is 4.79 Å². The van der Waals surface area contributed by atoms with Crippen molar-refractivity contribution in [3.05, 3.63) is 59.9 Å². The summed E-state index contributed by atoms with van der Waals surface area (Å²) >= 11 is 0. The Morgan fingerprint density at radius 3 is 2.67 bits per heavy atom. The molecule has 0 spiro atoms. The zero-order chi connectivity index (χ0) is 23.3. The number of carbonyl (C=O) groups excluding carboxylic acids is 1. The van der Waals surface area contributed by atoms with E-state index in [1.807, 2.05) is 48.0 Å². The Hall–Kier alpha value is -2.90. The van der Waals surface area contributed by atoms with Crippen LogP contribution >= 0.6 is 0 Å². The van der Waals surface area contributed by atoms with Crippen LogP contribution in [0.25, 0.3) is 11.0 Å². The van der Waals surface area contributed by atoms with E-state index in [0.717, 1.165) is 55.0 Å². The molecule has 1 N–H and O–H groups in total. The molecule has 0 aliphatic carbocycles. The topological polar surface area (TPSA) is 68.6 Å². The molecule has 7 heteroatoms. The predicted octanol–water partition coefficient (Wildman–Crippen LogP) is 3.45.